The van der Waals surface area contributed by atoms with Crippen LogP contribution in [0.3, 0.4) is 0 Å². The van der Waals surface area contributed by atoms with Crippen LogP contribution in [0, 0.1) is 0 Å². The van der Waals surface area contributed by atoms with Crippen molar-refractivity contribution in [3.8, 4) is 0 Å². The number of nitrogens with two attached hydrogens (primary N) is 1. The molecule has 5 nitrogen and oxygen atoms in total. The summed E-state index contributed by atoms with van der Waals surface area (Å²) in [4.78, 5) is 18.5. The standard InChI is InChI=1S/C19H25N3O2/c1-12-9-14(18(20)23)13-7-5-6-8-15(13)22(12)11-17-21-10-16(24-17)19(2,3)4/h5-8,10,12,14H,9,11H2,1-4H3,(H2,20,23)/t12-,14-/m0/s1. The van der Waals surface area contributed by atoms with Gasteiger partial charge in [0.1, 0.15) is 5.76 Å². The topological polar surface area (TPSA) is 72.4 Å². The minimum Gasteiger partial charge on any atom is -0.443 e. The number of fused-ring (bicyclic) bond motifs is 1. The first-order valence-corrected chi connectivity index (χ1v) is 8.37. The van der Waals surface area contributed by atoms with E-state index in [2.05, 4.69) is 37.6 Å². The highest BCUT2D eigenvalue weighted by Crippen LogP contribution is 2.39. The second kappa shape index (κ2) is 5.96. The van der Waals surface area contributed by atoms with E-state index in [9.17, 15) is 4.79 Å². The zero-order chi connectivity index (χ0) is 17.5. The first kappa shape index (κ1) is 16.6. The molecule has 1 amide bonds. The van der Waals surface area contributed by atoms with Crippen molar-refractivity contribution in [3.63, 3.8) is 0 Å². The van der Waals surface area contributed by atoms with Gasteiger partial charge < -0.3 is 15.1 Å². The fourth-order valence-electron chi connectivity index (χ4n) is 3.26. The minimum absolute atomic E-state index is 0.0618. The summed E-state index contributed by atoms with van der Waals surface area (Å²) in [6, 6.07) is 8.14. The SMILES string of the molecule is C[C@H]1C[C@H](C(N)=O)c2ccccc2N1Cc1ncc(C(C)(C)C)o1. The molecule has 1 aliphatic heterocycles. The molecule has 128 valence electrons. The molecule has 0 saturated carbocycles. The molecule has 0 bridgehead atoms. The maximum atomic E-state index is 11.8. The number of carbonyl (C=O) groups is 1. The Balaban J connectivity index is 1.92. The second-order valence-electron chi connectivity index (χ2n) is 7.59. The molecular weight excluding hydrogens is 302 g/mol. The Morgan fingerprint density at radius 1 is 1.38 bits per heavy atom. The minimum atomic E-state index is -0.264. The molecule has 0 radical (unpaired) electrons. The zero-order valence-electron chi connectivity index (χ0n) is 14.7. The van der Waals surface area contributed by atoms with E-state index in [1.54, 1.807) is 0 Å². The highest BCUT2D eigenvalue weighted by atomic mass is 16.4. The van der Waals surface area contributed by atoms with E-state index < -0.39 is 0 Å². The number of nitrogens with zero attached hydrogens (tertiary/aromatic N) is 2. The van der Waals surface area contributed by atoms with Gasteiger partial charge in [-0.25, -0.2) is 4.98 Å². The van der Waals surface area contributed by atoms with Crippen LogP contribution in [0.15, 0.2) is 34.9 Å². The summed E-state index contributed by atoms with van der Waals surface area (Å²) in [5, 5.41) is 0. The number of carbonyl (C=O) groups excluding carboxylic acids is 1. The van der Waals surface area contributed by atoms with Crippen molar-refractivity contribution >= 4 is 11.6 Å². The number of amides is 1. The van der Waals surface area contributed by atoms with Crippen LogP contribution in [0.2, 0.25) is 0 Å². The lowest BCUT2D eigenvalue weighted by Gasteiger charge is -2.39. The quantitative estimate of drug-likeness (QED) is 0.938. The molecule has 1 aromatic heterocycles. The van der Waals surface area contributed by atoms with E-state index >= 15 is 0 Å². The molecular formula is C19H25N3O2. The Kier molecular flexibility index (Phi) is 4.11. The zero-order valence-corrected chi connectivity index (χ0v) is 14.7. The number of hydrogen-bond acceptors (Lipinski definition) is 4. The van der Waals surface area contributed by atoms with Crippen molar-refractivity contribution < 1.29 is 9.21 Å². The molecule has 2 heterocycles. The molecule has 3 rings (SSSR count). The third-order valence-corrected chi connectivity index (χ3v) is 4.67. The summed E-state index contributed by atoms with van der Waals surface area (Å²) in [6.45, 7) is 9.01. The van der Waals surface area contributed by atoms with Crippen molar-refractivity contribution in [1.29, 1.82) is 0 Å². The van der Waals surface area contributed by atoms with Crippen molar-refractivity contribution in [2.75, 3.05) is 4.90 Å². The normalized spacial score (nSPS) is 20.8. The maximum Gasteiger partial charge on any atom is 0.225 e. The van der Waals surface area contributed by atoms with Gasteiger partial charge in [-0.15, -0.1) is 0 Å². The van der Waals surface area contributed by atoms with E-state index in [0.29, 0.717) is 18.9 Å². The van der Waals surface area contributed by atoms with Crippen LogP contribution in [0.4, 0.5) is 5.69 Å². The Morgan fingerprint density at radius 3 is 2.71 bits per heavy atom. The highest BCUT2D eigenvalue weighted by molar-refractivity contribution is 5.85. The van der Waals surface area contributed by atoms with Crippen LogP contribution < -0.4 is 10.6 Å². The Bertz CT molecular complexity index is 745. The molecule has 2 N–H and O–H groups in total. The van der Waals surface area contributed by atoms with E-state index in [0.717, 1.165) is 17.0 Å². The van der Waals surface area contributed by atoms with Gasteiger partial charge in [0.25, 0.3) is 0 Å². The summed E-state index contributed by atoms with van der Waals surface area (Å²) in [5.74, 6) is 1.08. The van der Waals surface area contributed by atoms with Gasteiger partial charge in [0.05, 0.1) is 18.7 Å². The molecule has 0 aliphatic carbocycles. The van der Waals surface area contributed by atoms with Crippen LogP contribution in [-0.4, -0.2) is 16.9 Å². The molecule has 24 heavy (non-hydrogen) atoms. The highest BCUT2D eigenvalue weighted by Gasteiger charge is 2.33. The third kappa shape index (κ3) is 3.03. The number of aromatic nitrogens is 1. The Labute approximate surface area is 142 Å². The molecule has 0 saturated heterocycles. The van der Waals surface area contributed by atoms with Gasteiger partial charge >= 0.3 is 0 Å². The van der Waals surface area contributed by atoms with Gasteiger partial charge in [-0.2, -0.15) is 0 Å². The van der Waals surface area contributed by atoms with Crippen LogP contribution >= 0.6 is 0 Å². The first-order valence-electron chi connectivity index (χ1n) is 8.37. The number of para-hydroxylation sites is 1. The third-order valence-electron chi connectivity index (χ3n) is 4.67. The van der Waals surface area contributed by atoms with E-state index in [4.69, 9.17) is 10.2 Å². The van der Waals surface area contributed by atoms with Gasteiger partial charge in [-0.3, -0.25) is 4.79 Å². The van der Waals surface area contributed by atoms with E-state index in [1.807, 2.05) is 30.5 Å². The molecule has 0 spiro atoms. The Hall–Kier alpha value is -2.30. The van der Waals surface area contributed by atoms with Gasteiger partial charge in [-0.1, -0.05) is 39.0 Å². The number of benzene rings is 1. The molecule has 0 fully saturated rings. The Morgan fingerprint density at radius 2 is 2.08 bits per heavy atom. The largest absolute Gasteiger partial charge is 0.443 e. The number of anilines is 1. The molecule has 1 aromatic carbocycles. The first-order chi connectivity index (χ1) is 11.3. The summed E-state index contributed by atoms with van der Waals surface area (Å²) in [6.07, 6.45) is 2.52. The number of rotatable bonds is 3. The lowest BCUT2D eigenvalue weighted by Crippen LogP contribution is -2.41. The second-order valence-corrected chi connectivity index (χ2v) is 7.59. The van der Waals surface area contributed by atoms with E-state index in [-0.39, 0.29) is 23.3 Å². The van der Waals surface area contributed by atoms with Gasteiger partial charge in [-0.05, 0) is 25.0 Å². The molecule has 0 unspecified atom stereocenters. The van der Waals surface area contributed by atoms with Crippen molar-refractivity contribution in [2.45, 2.75) is 58.0 Å². The molecule has 5 heteroatoms. The van der Waals surface area contributed by atoms with Crippen molar-refractivity contribution in [3.05, 3.63) is 47.7 Å². The predicted octanol–water partition coefficient (Wildman–Crippen LogP) is 3.34. The van der Waals surface area contributed by atoms with Crippen LogP contribution in [0.25, 0.3) is 0 Å². The number of oxazole rings is 1. The van der Waals surface area contributed by atoms with Gasteiger partial charge in [0.15, 0.2) is 0 Å². The average molecular weight is 327 g/mol. The lowest BCUT2D eigenvalue weighted by atomic mass is 9.85. The summed E-state index contributed by atoms with van der Waals surface area (Å²) in [5.41, 5.74) is 7.57. The smallest absolute Gasteiger partial charge is 0.225 e. The van der Waals surface area contributed by atoms with Crippen LogP contribution in [-0.2, 0) is 16.8 Å². The molecule has 1 aliphatic rings. The number of primary amides is 1. The monoisotopic (exact) mass is 327 g/mol. The van der Waals surface area contributed by atoms with Crippen molar-refractivity contribution in [1.82, 2.24) is 4.98 Å². The molecule has 2 aromatic rings. The number of hydrogen-bond donors (Lipinski definition) is 1. The van der Waals surface area contributed by atoms with E-state index in [1.165, 1.54) is 0 Å². The van der Waals surface area contributed by atoms with Crippen LogP contribution in [0.1, 0.15) is 57.2 Å². The summed E-state index contributed by atoms with van der Waals surface area (Å²) < 4.78 is 5.94. The van der Waals surface area contributed by atoms with Crippen molar-refractivity contribution in [2.24, 2.45) is 5.73 Å². The fourth-order valence-corrected chi connectivity index (χ4v) is 3.26. The van der Waals surface area contributed by atoms with Crippen LogP contribution in [0.5, 0.6) is 0 Å². The summed E-state index contributed by atoms with van der Waals surface area (Å²) in [7, 11) is 0. The predicted molar refractivity (Wildman–Crippen MR) is 93.8 cm³/mol. The van der Waals surface area contributed by atoms with Gasteiger partial charge in [0.2, 0.25) is 11.8 Å². The van der Waals surface area contributed by atoms with Gasteiger partial charge in [0, 0.05) is 17.1 Å². The summed E-state index contributed by atoms with van der Waals surface area (Å²) >= 11 is 0. The average Bonchev–Trinajstić information content (AvgIpc) is 2.98. The lowest BCUT2D eigenvalue weighted by molar-refractivity contribution is -0.119. The fraction of sp³-hybridized carbons (Fsp3) is 0.474. The maximum absolute atomic E-state index is 11.8. The molecule has 2 atom stereocenters.